The Morgan fingerprint density at radius 3 is 2.62 bits per heavy atom. The number of pyridine rings is 1. The van der Waals surface area contributed by atoms with Gasteiger partial charge in [-0.1, -0.05) is 6.07 Å². The Kier molecular flexibility index (Phi) is 6.83. The van der Waals surface area contributed by atoms with Crippen LogP contribution in [0.1, 0.15) is 42.9 Å². The Morgan fingerprint density at radius 1 is 1.19 bits per heavy atom. The highest BCUT2D eigenvalue weighted by Gasteiger charge is 2.27. The van der Waals surface area contributed by atoms with E-state index in [9.17, 15) is 9.18 Å². The number of ether oxygens (including phenoxy) is 1. The van der Waals surface area contributed by atoms with Crippen LogP contribution in [0, 0.1) is 11.7 Å². The van der Waals surface area contributed by atoms with Crippen LogP contribution in [0.3, 0.4) is 0 Å². The van der Waals surface area contributed by atoms with Crippen LogP contribution in [-0.2, 0) is 18.3 Å². The van der Waals surface area contributed by atoms with Gasteiger partial charge in [-0.3, -0.25) is 14.5 Å². The molecule has 2 heterocycles. The van der Waals surface area contributed by atoms with Gasteiger partial charge in [0.05, 0.1) is 19.2 Å². The summed E-state index contributed by atoms with van der Waals surface area (Å²) in [5.41, 5.74) is 4.12. The summed E-state index contributed by atoms with van der Waals surface area (Å²) >= 11 is 0. The standard InChI is InChI=1S/C25H29FN4O2/c1-30-16-21(19-9-11-27-12-10-19)25(29-30)20-6-3-17(4-7-20)15-28-24(31)14-18-5-8-23(32-2)22(26)13-18/h5,8-13,16-17,20H,3-4,6-7,14-15H2,1-2H3,(H,28,31). The Hall–Kier alpha value is -3.22. The van der Waals surface area contributed by atoms with E-state index in [1.54, 1.807) is 12.1 Å². The van der Waals surface area contributed by atoms with Crippen molar-refractivity contribution in [1.82, 2.24) is 20.1 Å². The molecule has 0 unspecified atom stereocenters. The third-order valence-electron chi connectivity index (χ3n) is 6.25. The number of aromatic nitrogens is 3. The fourth-order valence-corrected chi connectivity index (χ4v) is 4.53. The van der Waals surface area contributed by atoms with Crippen molar-refractivity contribution in [2.45, 2.75) is 38.0 Å². The number of carbonyl (C=O) groups excluding carboxylic acids is 1. The number of rotatable bonds is 7. The molecular formula is C25H29FN4O2. The summed E-state index contributed by atoms with van der Waals surface area (Å²) in [6.07, 6.45) is 10.1. The van der Waals surface area contributed by atoms with Gasteiger partial charge in [0.1, 0.15) is 0 Å². The summed E-state index contributed by atoms with van der Waals surface area (Å²) < 4.78 is 20.6. The van der Waals surface area contributed by atoms with Crippen molar-refractivity contribution in [2.24, 2.45) is 13.0 Å². The van der Waals surface area contributed by atoms with Gasteiger partial charge < -0.3 is 10.1 Å². The first-order valence-electron chi connectivity index (χ1n) is 11.1. The third-order valence-corrected chi connectivity index (χ3v) is 6.25. The minimum Gasteiger partial charge on any atom is -0.494 e. The van der Waals surface area contributed by atoms with Gasteiger partial charge in [0.25, 0.3) is 0 Å². The fourth-order valence-electron chi connectivity index (χ4n) is 4.53. The summed E-state index contributed by atoms with van der Waals surface area (Å²) in [6, 6.07) is 8.68. The molecule has 1 saturated carbocycles. The molecule has 1 aliphatic carbocycles. The summed E-state index contributed by atoms with van der Waals surface area (Å²) in [5, 5.41) is 7.79. The third kappa shape index (κ3) is 5.15. The van der Waals surface area contributed by atoms with Crippen LogP contribution < -0.4 is 10.1 Å². The monoisotopic (exact) mass is 436 g/mol. The van der Waals surface area contributed by atoms with Crippen LogP contribution in [0.5, 0.6) is 5.75 Å². The number of carbonyl (C=O) groups is 1. The lowest BCUT2D eigenvalue weighted by atomic mass is 9.79. The molecule has 1 aliphatic rings. The molecule has 1 aromatic carbocycles. The molecule has 7 heteroatoms. The van der Waals surface area contributed by atoms with E-state index < -0.39 is 5.82 Å². The van der Waals surface area contributed by atoms with E-state index in [1.807, 2.05) is 36.3 Å². The first kappa shape index (κ1) is 22.0. The van der Waals surface area contributed by atoms with Gasteiger partial charge in [0.15, 0.2) is 11.6 Å². The Morgan fingerprint density at radius 2 is 1.94 bits per heavy atom. The molecule has 1 N–H and O–H groups in total. The van der Waals surface area contributed by atoms with Gasteiger partial charge >= 0.3 is 0 Å². The zero-order valence-electron chi connectivity index (χ0n) is 18.6. The van der Waals surface area contributed by atoms with Crippen LogP contribution >= 0.6 is 0 Å². The van der Waals surface area contributed by atoms with Gasteiger partial charge in [0.2, 0.25) is 5.91 Å². The maximum Gasteiger partial charge on any atom is 0.224 e. The molecule has 0 aliphatic heterocycles. The predicted molar refractivity (Wildman–Crippen MR) is 121 cm³/mol. The quantitative estimate of drug-likeness (QED) is 0.601. The smallest absolute Gasteiger partial charge is 0.224 e. The molecule has 0 atom stereocenters. The number of hydrogen-bond donors (Lipinski definition) is 1. The van der Waals surface area contributed by atoms with E-state index in [4.69, 9.17) is 9.84 Å². The number of aryl methyl sites for hydroxylation is 1. The highest BCUT2D eigenvalue weighted by atomic mass is 19.1. The number of hydrogen-bond acceptors (Lipinski definition) is 4. The molecule has 0 radical (unpaired) electrons. The van der Waals surface area contributed by atoms with E-state index in [-0.39, 0.29) is 18.1 Å². The second kappa shape index (κ2) is 9.94. The maximum atomic E-state index is 13.8. The van der Waals surface area contributed by atoms with E-state index in [0.29, 0.717) is 23.9 Å². The van der Waals surface area contributed by atoms with Crippen molar-refractivity contribution in [1.29, 1.82) is 0 Å². The van der Waals surface area contributed by atoms with Crippen LogP contribution in [-0.4, -0.2) is 34.3 Å². The predicted octanol–water partition coefficient (Wildman–Crippen LogP) is 4.26. The largest absolute Gasteiger partial charge is 0.494 e. The van der Waals surface area contributed by atoms with Crippen LogP contribution in [0.15, 0.2) is 48.9 Å². The minimum atomic E-state index is -0.447. The first-order valence-corrected chi connectivity index (χ1v) is 11.1. The van der Waals surface area contributed by atoms with Crippen molar-refractivity contribution >= 4 is 5.91 Å². The van der Waals surface area contributed by atoms with Crippen molar-refractivity contribution in [3.63, 3.8) is 0 Å². The van der Waals surface area contributed by atoms with Gasteiger partial charge in [0, 0.05) is 43.7 Å². The van der Waals surface area contributed by atoms with Crippen LogP contribution in [0.25, 0.3) is 11.1 Å². The molecule has 6 nitrogen and oxygen atoms in total. The second-order valence-electron chi connectivity index (χ2n) is 8.50. The summed E-state index contributed by atoms with van der Waals surface area (Å²) in [7, 11) is 3.39. The van der Waals surface area contributed by atoms with Crippen LogP contribution in [0.4, 0.5) is 4.39 Å². The Bertz CT molecular complexity index is 1060. The SMILES string of the molecule is COc1ccc(CC(=O)NCC2CCC(c3nn(C)cc3-c3ccncc3)CC2)cc1F. The maximum absolute atomic E-state index is 13.8. The molecule has 0 spiro atoms. The van der Waals surface area contributed by atoms with E-state index in [1.165, 1.54) is 18.7 Å². The van der Waals surface area contributed by atoms with Gasteiger partial charge in [-0.25, -0.2) is 4.39 Å². The Labute approximate surface area is 187 Å². The summed E-state index contributed by atoms with van der Waals surface area (Å²) in [4.78, 5) is 16.4. The lowest BCUT2D eigenvalue weighted by molar-refractivity contribution is -0.120. The second-order valence-corrected chi connectivity index (χ2v) is 8.50. The highest BCUT2D eigenvalue weighted by Crippen LogP contribution is 2.39. The first-order chi connectivity index (χ1) is 15.5. The molecule has 168 valence electrons. The van der Waals surface area contributed by atoms with Crippen molar-refractivity contribution < 1.29 is 13.9 Å². The fraction of sp³-hybridized carbons (Fsp3) is 0.400. The highest BCUT2D eigenvalue weighted by molar-refractivity contribution is 5.78. The molecule has 3 aromatic rings. The molecule has 1 amide bonds. The Balaban J connectivity index is 1.29. The molecular weight excluding hydrogens is 407 g/mol. The number of halogens is 1. The molecule has 2 aromatic heterocycles. The number of benzene rings is 1. The number of amides is 1. The minimum absolute atomic E-state index is 0.0820. The van der Waals surface area contributed by atoms with Gasteiger partial charge in [-0.05, 0) is 67.0 Å². The lowest BCUT2D eigenvalue weighted by Gasteiger charge is -2.28. The van der Waals surface area contributed by atoms with Crippen molar-refractivity contribution in [3.05, 3.63) is 66.0 Å². The summed E-state index contributed by atoms with van der Waals surface area (Å²) in [5.74, 6) is 0.536. The average Bonchev–Trinajstić information content (AvgIpc) is 3.20. The average molecular weight is 437 g/mol. The van der Waals surface area contributed by atoms with E-state index in [2.05, 4.69) is 16.5 Å². The van der Waals surface area contributed by atoms with Crippen molar-refractivity contribution in [2.75, 3.05) is 13.7 Å². The molecule has 1 fully saturated rings. The van der Waals surface area contributed by atoms with E-state index >= 15 is 0 Å². The molecule has 4 rings (SSSR count). The molecule has 0 bridgehead atoms. The number of nitrogens with zero attached hydrogens (tertiary/aromatic N) is 3. The van der Waals surface area contributed by atoms with Crippen molar-refractivity contribution in [3.8, 4) is 16.9 Å². The normalized spacial score (nSPS) is 18.3. The number of nitrogens with one attached hydrogen (secondary N) is 1. The van der Waals surface area contributed by atoms with Gasteiger partial charge in [-0.15, -0.1) is 0 Å². The zero-order chi connectivity index (χ0) is 22.5. The van der Waals surface area contributed by atoms with E-state index in [0.717, 1.165) is 36.9 Å². The lowest BCUT2D eigenvalue weighted by Crippen LogP contribution is -2.32. The topological polar surface area (TPSA) is 69.0 Å². The molecule has 32 heavy (non-hydrogen) atoms. The van der Waals surface area contributed by atoms with Gasteiger partial charge in [-0.2, -0.15) is 5.10 Å². The summed E-state index contributed by atoms with van der Waals surface area (Å²) in [6.45, 7) is 0.656. The van der Waals surface area contributed by atoms with Crippen LogP contribution in [0.2, 0.25) is 0 Å². The molecule has 0 saturated heterocycles. The number of methoxy groups -OCH3 is 1. The zero-order valence-corrected chi connectivity index (χ0v) is 18.6.